The predicted octanol–water partition coefficient (Wildman–Crippen LogP) is 5.20. The van der Waals surface area contributed by atoms with Gasteiger partial charge in [0.05, 0.1) is 17.7 Å². The molecule has 0 spiro atoms. The van der Waals surface area contributed by atoms with Crippen LogP contribution in [0.4, 0.5) is 0 Å². The smallest absolute Gasteiger partial charge is 0.339 e. The minimum Gasteiger partial charge on any atom is -0.479 e. The van der Waals surface area contributed by atoms with Gasteiger partial charge in [0.1, 0.15) is 0 Å². The van der Waals surface area contributed by atoms with E-state index in [9.17, 15) is 9.90 Å². The Labute approximate surface area is 169 Å². The van der Waals surface area contributed by atoms with Gasteiger partial charge in [-0.05, 0) is 61.3 Å². The van der Waals surface area contributed by atoms with Crippen molar-refractivity contribution in [2.75, 3.05) is 0 Å². The molecular weight excluding hydrogens is 360 g/mol. The molecule has 0 aliphatic carbocycles. The van der Waals surface area contributed by atoms with E-state index < -0.39 is 28.2 Å². The van der Waals surface area contributed by atoms with Gasteiger partial charge in [-0.3, -0.25) is 0 Å². The lowest BCUT2D eigenvalue weighted by Gasteiger charge is -2.30. The number of carbonyl (C=O) groups is 1. The van der Waals surface area contributed by atoms with Crippen LogP contribution in [0.15, 0.2) is 10.2 Å². The Hall–Kier alpha value is -2.03. The Morgan fingerprint density at radius 3 is 1.61 bits per heavy atom. The third-order valence-corrected chi connectivity index (χ3v) is 3.44. The van der Waals surface area contributed by atoms with E-state index in [1.807, 2.05) is 39.8 Å². The maximum Gasteiger partial charge on any atom is 0.339 e. The van der Waals surface area contributed by atoms with Gasteiger partial charge >= 0.3 is 5.97 Å². The van der Waals surface area contributed by atoms with E-state index >= 15 is 0 Å². The second kappa shape index (κ2) is 11.7. The van der Waals surface area contributed by atoms with Crippen LogP contribution < -0.4 is 0 Å². The molecule has 0 aromatic rings. The molecule has 0 heterocycles. The molecule has 8 nitrogen and oxygen atoms in total. The molecular formula is C20H36N4O4. The SMILES string of the molecule is CC(C)(C#N)/N=N/C(C)(C)C#N.CCCCC(CC)(OOC(C)(C)C)C(=O)O. The fraction of sp³-hybridized carbons (Fsp3) is 0.850. The van der Waals surface area contributed by atoms with Crippen LogP contribution in [0.5, 0.6) is 0 Å². The zero-order chi connectivity index (χ0) is 22.6. The van der Waals surface area contributed by atoms with E-state index in [-0.39, 0.29) is 0 Å². The van der Waals surface area contributed by atoms with Crippen LogP contribution in [-0.2, 0) is 14.6 Å². The summed E-state index contributed by atoms with van der Waals surface area (Å²) in [6.45, 7) is 15.9. The summed E-state index contributed by atoms with van der Waals surface area (Å²) in [5.74, 6) is -0.951. The van der Waals surface area contributed by atoms with Gasteiger partial charge in [0.25, 0.3) is 0 Å². The molecule has 0 amide bonds. The lowest BCUT2D eigenvalue weighted by Crippen LogP contribution is -2.43. The molecule has 0 rings (SSSR count). The third-order valence-electron chi connectivity index (χ3n) is 3.44. The van der Waals surface area contributed by atoms with Gasteiger partial charge in [0, 0.05) is 0 Å². The molecule has 0 aromatic heterocycles. The second-order valence-electron chi connectivity index (χ2n) is 8.58. The summed E-state index contributed by atoms with van der Waals surface area (Å²) >= 11 is 0. The van der Waals surface area contributed by atoms with Crippen LogP contribution in [0, 0.1) is 22.7 Å². The highest BCUT2D eigenvalue weighted by Crippen LogP contribution is 2.26. The minimum atomic E-state index is -1.21. The van der Waals surface area contributed by atoms with Crippen LogP contribution >= 0.6 is 0 Å². The number of nitrogens with zero attached hydrogens (tertiary/aromatic N) is 4. The number of unbranched alkanes of at least 4 members (excludes halogenated alkanes) is 1. The van der Waals surface area contributed by atoms with Crippen LogP contribution in [0.3, 0.4) is 0 Å². The van der Waals surface area contributed by atoms with E-state index in [0.29, 0.717) is 12.8 Å². The fourth-order valence-electron chi connectivity index (χ4n) is 1.53. The third kappa shape index (κ3) is 12.4. The van der Waals surface area contributed by atoms with E-state index in [1.54, 1.807) is 34.6 Å². The van der Waals surface area contributed by atoms with Gasteiger partial charge < -0.3 is 5.11 Å². The average Bonchev–Trinajstić information content (AvgIpc) is 2.60. The zero-order valence-electron chi connectivity index (χ0n) is 18.8. The summed E-state index contributed by atoms with van der Waals surface area (Å²) in [4.78, 5) is 21.6. The number of carboxylic acids is 1. The lowest BCUT2D eigenvalue weighted by atomic mass is 9.94. The predicted molar refractivity (Wildman–Crippen MR) is 106 cm³/mol. The summed E-state index contributed by atoms with van der Waals surface area (Å²) in [7, 11) is 0. The van der Waals surface area contributed by atoms with Crippen molar-refractivity contribution in [1.29, 1.82) is 10.5 Å². The van der Waals surface area contributed by atoms with E-state index in [0.717, 1.165) is 12.8 Å². The van der Waals surface area contributed by atoms with Gasteiger partial charge in [0.15, 0.2) is 16.7 Å². The molecule has 0 aliphatic heterocycles. The average molecular weight is 397 g/mol. The van der Waals surface area contributed by atoms with E-state index in [4.69, 9.17) is 20.3 Å². The van der Waals surface area contributed by atoms with Crippen molar-refractivity contribution in [3.8, 4) is 12.1 Å². The van der Waals surface area contributed by atoms with E-state index in [1.165, 1.54) is 0 Å². The largest absolute Gasteiger partial charge is 0.479 e. The van der Waals surface area contributed by atoms with Crippen LogP contribution in [0.25, 0.3) is 0 Å². The Morgan fingerprint density at radius 1 is 0.929 bits per heavy atom. The summed E-state index contributed by atoms with van der Waals surface area (Å²) in [6.07, 6.45) is 2.63. The molecule has 160 valence electrons. The van der Waals surface area contributed by atoms with E-state index in [2.05, 4.69) is 10.2 Å². The monoisotopic (exact) mass is 396 g/mol. The van der Waals surface area contributed by atoms with Crippen molar-refractivity contribution < 1.29 is 19.7 Å². The second-order valence-corrected chi connectivity index (χ2v) is 8.58. The molecule has 1 N–H and O–H groups in total. The molecule has 0 aromatic carbocycles. The van der Waals surface area contributed by atoms with Crippen LogP contribution in [0.1, 0.15) is 88.0 Å². The highest BCUT2D eigenvalue weighted by Gasteiger charge is 2.40. The lowest BCUT2D eigenvalue weighted by molar-refractivity contribution is -0.398. The first-order chi connectivity index (χ1) is 12.6. The molecule has 0 saturated carbocycles. The molecule has 8 heteroatoms. The van der Waals surface area contributed by atoms with Crippen molar-refractivity contribution in [3.05, 3.63) is 0 Å². The summed E-state index contributed by atoms with van der Waals surface area (Å²) in [6, 6.07) is 3.94. The number of carboxylic acid groups (broad SMARTS) is 1. The number of hydrogen-bond acceptors (Lipinski definition) is 7. The topological polar surface area (TPSA) is 128 Å². The molecule has 1 atom stereocenters. The number of azo groups is 1. The van der Waals surface area contributed by atoms with Gasteiger partial charge in [-0.15, -0.1) is 0 Å². The maximum absolute atomic E-state index is 11.3. The van der Waals surface area contributed by atoms with Crippen molar-refractivity contribution in [1.82, 2.24) is 0 Å². The first-order valence-electron chi connectivity index (χ1n) is 9.47. The molecule has 0 radical (unpaired) electrons. The summed E-state index contributed by atoms with van der Waals surface area (Å²) < 4.78 is 0. The quantitative estimate of drug-likeness (QED) is 0.324. The summed E-state index contributed by atoms with van der Waals surface area (Å²) in [5, 5.41) is 33.9. The van der Waals surface area contributed by atoms with Crippen molar-refractivity contribution in [2.45, 2.75) is 110 Å². The highest BCUT2D eigenvalue weighted by atomic mass is 17.2. The fourth-order valence-corrected chi connectivity index (χ4v) is 1.53. The minimum absolute atomic E-state index is 0.401. The maximum atomic E-state index is 11.3. The molecule has 0 fully saturated rings. The molecule has 0 aliphatic rings. The van der Waals surface area contributed by atoms with Gasteiger partial charge in [-0.1, -0.05) is 26.7 Å². The van der Waals surface area contributed by atoms with Gasteiger partial charge in [-0.2, -0.15) is 20.8 Å². The Kier molecular flexibility index (Phi) is 11.8. The Balaban J connectivity index is 0. The standard InChI is InChI=1S/C12H24O4.C8H12N4/c1-6-8-9-12(7-2,10(13)14)16-15-11(3,4)5;1-7(2,5-9)11-12-8(3,4)6-10/h6-9H2,1-5H3,(H,13,14);1-4H3/b;12-11+. The van der Waals surface area contributed by atoms with Crippen LogP contribution in [-0.4, -0.2) is 33.4 Å². The molecule has 1 unspecified atom stereocenters. The molecule has 0 bridgehead atoms. The van der Waals surface area contributed by atoms with Crippen molar-refractivity contribution in [3.63, 3.8) is 0 Å². The van der Waals surface area contributed by atoms with Crippen molar-refractivity contribution in [2.24, 2.45) is 10.2 Å². The first-order valence-corrected chi connectivity index (χ1v) is 9.47. The number of hydrogen-bond donors (Lipinski definition) is 1. The summed E-state index contributed by atoms with van der Waals surface area (Å²) in [5.41, 5.74) is -3.38. The number of aliphatic carboxylic acids is 1. The number of rotatable bonds is 9. The zero-order valence-corrected chi connectivity index (χ0v) is 18.8. The van der Waals surface area contributed by atoms with Crippen LogP contribution in [0.2, 0.25) is 0 Å². The molecule has 28 heavy (non-hydrogen) atoms. The van der Waals surface area contributed by atoms with Gasteiger partial charge in [-0.25, -0.2) is 14.6 Å². The molecule has 0 saturated heterocycles. The first kappa shape index (κ1) is 28.2. The number of nitriles is 2. The Morgan fingerprint density at radius 2 is 1.36 bits per heavy atom. The van der Waals surface area contributed by atoms with Gasteiger partial charge in [0.2, 0.25) is 0 Å². The normalized spacial score (nSPS) is 14.4. The Bertz CT molecular complexity index is 567. The van der Waals surface area contributed by atoms with Crippen molar-refractivity contribution >= 4 is 5.97 Å². The highest BCUT2D eigenvalue weighted by molar-refractivity contribution is 5.77.